The molecule has 3 heterocycles. The summed E-state index contributed by atoms with van der Waals surface area (Å²) in [6.07, 6.45) is 3.81. The predicted octanol–water partition coefficient (Wildman–Crippen LogP) is 1.37. The minimum absolute atomic E-state index is 0.0115. The number of carbonyl (C=O) groups is 1. The Balaban J connectivity index is 1.51. The molecule has 0 radical (unpaired) electrons. The van der Waals surface area contributed by atoms with Gasteiger partial charge in [0, 0.05) is 24.8 Å². The first-order chi connectivity index (χ1) is 11.6. The zero-order valence-electron chi connectivity index (χ0n) is 13.0. The van der Waals surface area contributed by atoms with Crippen LogP contribution in [-0.4, -0.2) is 24.4 Å². The van der Waals surface area contributed by atoms with Gasteiger partial charge in [0.2, 0.25) is 5.91 Å². The van der Waals surface area contributed by atoms with Gasteiger partial charge in [0.15, 0.2) is 4.96 Å². The van der Waals surface area contributed by atoms with Crippen LogP contribution in [0.5, 0.6) is 0 Å². The summed E-state index contributed by atoms with van der Waals surface area (Å²) in [7, 11) is 1.71. The lowest BCUT2D eigenvalue weighted by Gasteiger charge is -2.04. The highest BCUT2D eigenvalue weighted by atomic mass is 32.1. The van der Waals surface area contributed by atoms with Crippen LogP contribution in [-0.2, 0) is 24.9 Å². The third kappa shape index (κ3) is 2.41. The second-order valence-electron chi connectivity index (χ2n) is 5.52. The largest absolute Gasteiger partial charge is 0.349 e. The number of benzene rings is 1. The quantitative estimate of drug-likeness (QED) is 0.609. The first-order valence-corrected chi connectivity index (χ1v) is 8.33. The van der Waals surface area contributed by atoms with E-state index in [0.29, 0.717) is 6.54 Å². The molecule has 3 aromatic heterocycles. The van der Waals surface area contributed by atoms with Gasteiger partial charge >= 0.3 is 5.69 Å². The number of para-hydroxylation sites is 2. The molecular formula is C16H15N5O2S. The van der Waals surface area contributed by atoms with Crippen LogP contribution in [0.25, 0.3) is 16.0 Å². The van der Waals surface area contributed by atoms with E-state index in [2.05, 4.69) is 10.3 Å². The van der Waals surface area contributed by atoms with Gasteiger partial charge in [-0.3, -0.25) is 18.3 Å². The van der Waals surface area contributed by atoms with Gasteiger partial charge in [0.1, 0.15) is 6.54 Å². The van der Waals surface area contributed by atoms with E-state index in [1.165, 1.54) is 4.57 Å². The van der Waals surface area contributed by atoms with Crippen molar-refractivity contribution in [2.24, 2.45) is 7.05 Å². The Morgan fingerprint density at radius 3 is 2.88 bits per heavy atom. The van der Waals surface area contributed by atoms with E-state index < -0.39 is 0 Å². The number of amides is 1. The molecule has 0 saturated heterocycles. The van der Waals surface area contributed by atoms with Crippen LogP contribution >= 0.6 is 11.3 Å². The van der Waals surface area contributed by atoms with Crippen molar-refractivity contribution in [1.82, 2.24) is 23.8 Å². The van der Waals surface area contributed by atoms with Crippen molar-refractivity contribution in [2.45, 2.75) is 13.1 Å². The van der Waals surface area contributed by atoms with E-state index in [4.69, 9.17) is 0 Å². The Labute approximate surface area is 140 Å². The average molecular weight is 341 g/mol. The monoisotopic (exact) mass is 341 g/mol. The molecule has 1 aromatic carbocycles. The molecule has 0 bridgehead atoms. The Morgan fingerprint density at radius 1 is 1.29 bits per heavy atom. The minimum atomic E-state index is -0.218. The van der Waals surface area contributed by atoms with Crippen molar-refractivity contribution >= 4 is 33.2 Å². The van der Waals surface area contributed by atoms with E-state index in [-0.39, 0.29) is 18.1 Å². The Bertz CT molecular complexity index is 1070. The number of aryl methyl sites for hydroxylation is 1. The topological polar surface area (TPSA) is 73.3 Å². The number of rotatable bonds is 4. The number of fused-ring (bicyclic) bond motifs is 2. The summed E-state index contributed by atoms with van der Waals surface area (Å²) >= 11 is 1.54. The highest BCUT2D eigenvalue weighted by Gasteiger charge is 2.13. The molecule has 0 unspecified atom stereocenters. The van der Waals surface area contributed by atoms with Crippen LogP contribution in [0.2, 0.25) is 0 Å². The molecular weight excluding hydrogens is 326 g/mol. The van der Waals surface area contributed by atoms with Crippen LogP contribution in [0.3, 0.4) is 0 Å². The van der Waals surface area contributed by atoms with Crippen molar-refractivity contribution in [3.8, 4) is 0 Å². The molecule has 122 valence electrons. The number of nitrogens with zero attached hydrogens (tertiary/aromatic N) is 4. The maximum Gasteiger partial charge on any atom is 0.329 e. The number of nitrogens with one attached hydrogen (secondary N) is 1. The number of thiazole rings is 1. The fourth-order valence-corrected chi connectivity index (χ4v) is 3.48. The minimum Gasteiger partial charge on any atom is -0.349 e. The first kappa shape index (κ1) is 14.7. The standard InChI is InChI=1S/C16H15N5O2S/c1-19-12-4-2-3-5-13(12)21(16(19)23)10-14(22)17-8-11-9-20-6-7-24-15(20)18-11/h2-7,9H,8,10H2,1H3,(H,17,22). The van der Waals surface area contributed by atoms with Crippen molar-refractivity contribution in [3.63, 3.8) is 0 Å². The van der Waals surface area contributed by atoms with Crippen molar-refractivity contribution in [3.05, 3.63) is 58.2 Å². The molecule has 1 amide bonds. The molecule has 0 aliphatic carbocycles. The second kappa shape index (κ2) is 5.64. The molecule has 0 spiro atoms. The van der Waals surface area contributed by atoms with Gasteiger partial charge in [-0.2, -0.15) is 0 Å². The van der Waals surface area contributed by atoms with Gasteiger partial charge in [-0.1, -0.05) is 12.1 Å². The zero-order chi connectivity index (χ0) is 16.7. The summed E-state index contributed by atoms with van der Waals surface area (Å²) in [5, 5.41) is 4.78. The number of hydrogen-bond donors (Lipinski definition) is 1. The summed E-state index contributed by atoms with van der Waals surface area (Å²) in [6, 6.07) is 7.43. The molecule has 4 aromatic rings. The number of hydrogen-bond acceptors (Lipinski definition) is 4. The summed E-state index contributed by atoms with van der Waals surface area (Å²) in [6.45, 7) is 0.329. The van der Waals surface area contributed by atoms with Crippen molar-refractivity contribution in [1.29, 1.82) is 0 Å². The molecule has 0 atom stereocenters. The van der Waals surface area contributed by atoms with E-state index in [9.17, 15) is 9.59 Å². The van der Waals surface area contributed by atoms with Gasteiger partial charge in [-0.25, -0.2) is 9.78 Å². The Hall–Kier alpha value is -2.87. The highest BCUT2D eigenvalue weighted by molar-refractivity contribution is 7.15. The molecule has 7 nitrogen and oxygen atoms in total. The molecule has 0 aliphatic rings. The molecule has 1 N–H and O–H groups in total. The third-order valence-electron chi connectivity index (χ3n) is 3.96. The highest BCUT2D eigenvalue weighted by Crippen LogP contribution is 2.12. The van der Waals surface area contributed by atoms with Crippen LogP contribution in [0, 0.1) is 0 Å². The van der Waals surface area contributed by atoms with Gasteiger partial charge in [-0.05, 0) is 12.1 Å². The molecule has 0 saturated carbocycles. The molecule has 8 heteroatoms. The van der Waals surface area contributed by atoms with Crippen molar-refractivity contribution in [2.75, 3.05) is 0 Å². The lowest BCUT2D eigenvalue weighted by molar-refractivity contribution is -0.121. The Kier molecular flexibility index (Phi) is 3.46. The fraction of sp³-hybridized carbons (Fsp3) is 0.188. The summed E-state index contributed by atoms with van der Waals surface area (Å²) in [4.78, 5) is 29.9. The van der Waals surface area contributed by atoms with Crippen molar-refractivity contribution < 1.29 is 4.79 Å². The second-order valence-corrected chi connectivity index (χ2v) is 6.39. The fourth-order valence-electron chi connectivity index (χ4n) is 2.77. The van der Waals surface area contributed by atoms with E-state index >= 15 is 0 Å². The van der Waals surface area contributed by atoms with Gasteiger partial charge in [-0.15, -0.1) is 11.3 Å². The van der Waals surface area contributed by atoms with E-state index in [1.54, 1.807) is 23.0 Å². The molecule has 0 aliphatic heterocycles. The molecule has 0 fully saturated rings. The SMILES string of the molecule is Cn1c(=O)n(CC(=O)NCc2cn3ccsc3n2)c2ccccc21. The normalized spacial score (nSPS) is 11.4. The zero-order valence-corrected chi connectivity index (χ0v) is 13.8. The molecule has 4 rings (SSSR count). The summed E-state index contributed by atoms with van der Waals surface area (Å²) < 4.78 is 4.95. The summed E-state index contributed by atoms with van der Waals surface area (Å²) in [5.74, 6) is -0.218. The van der Waals surface area contributed by atoms with E-state index in [1.807, 2.05) is 46.4 Å². The maximum absolute atomic E-state index is 12.3. The number of carbonyl (C=O) groups excluding carboxylic acids is 1. The maximum atomic E-state index is 12.3. The molecule has 24 heavy (non-hydrogen) atoms. The van der Waals surface area contributed by atoms with Gasteiger partial charge in [0.05, 0.1) is 23.3 Å². The van der Waals surface area contributed by atoms with Gasteiger partial charge in [0.25, 0.3) is 0 Å². The van der Waals surface area contributed by atoms with Crippen LogP contribution in [0.1, 0.15) is 5.69 Å². The average Bonchev–Trinajstić information content (AvgIpc) is 3.23. The number of aromatic nitrogens is 4. The lowest BCUT2D eigenvalue weighted by Crippen LogP contribution is -2.32. The third-order valence-corrected chi connectivity index (χ3v) is 4.73. The smallest absolute Gasteiger partial charge is 0.329 e. The number of imidazole rings is 2. The van der Waals surface area contributed by atoms with E-state index in [0.717, 1.165) is 21.7 Å². The predicted molar refractivity (Wildman–Crippen MR) is 92.1 cm³/mol. The first-order valence-electron chi connectivity index (χ1n) is 7.45. The van der Waals surface area contributed by atoms with Crippen LogP contribution in [0.4, 0.5) is 0 Å². The van der Waals surface area contributed by atoms with Crippen LogP contribution in [0.15, 0.2) is 46.8 Å². The van der Waals surface area contributed by atoms with Gasteiger partial charge < -0.3 is 5.32 Å². The Morgan fingerprint density at radius 2 is 2.08 bits per heavy atom. The lowest BCUT2D eigenvalue weighted by atomic mass is 10.3. The van der Waals surface area contributed by atoms with Crippen LogP contribution < -0.4 is 11.0 Å². The summed E-state index contributed by atoms with van der Waals surface area (Å²) in [5.41, 5.74) is 2.15.